The molecule has 0 aromatic rings. The van der Waals surface area contributed by atoms with Crippen LogP contribution in [0.25, 0.3) is 0 Å². The first-order valence-electron chi connectivity index (χ1n) is 41.1. The normalized spacial score (nSPS) is 12.5. The maximum absolute atomic E-state index is 12.5. The fourth-order valence-corrected chi connectivity index (χ4v) is 13.2. The number of hydrogen-bond acceptors (Lipinski definition) is 5. The standard InChI is InChI=1S/C83H161NO5/c1-3-5-7-9-11-13-15-17-19-44-49-53-57-61-65-69-73-77-83(88)89-78-74-70-66-62-58-54-50-46-43-41-39-37-35-33-31-29-27-25-23-21-22-24-26-28-30-32-34-36-38-40-42-45-48-52-56-60-64-68-72-76-82(87)84-80(79-85)81(86)75-71-67-63-59-55-51-47-20-18-16-14-12-10-8-6-4-2/h17,19,71,75,80-81,85-86H,3-16,18,20-70,72-74,76-79H2,1-2H3,(H,84,87)/b19-17-,75-71+. The van der Waals surface area contributed by atoms with Crippen LogP contribution in [0.1, 0.15) is 470 Å². The van der Waals surface area contributed by atoms with Gasteiger partial charge in [-0.3, -0.25) is 9.59 Å². The van der Waals surface area contributed by atoms with Gasteiger partial charge >= 0.3 is 5.97 Å². The van der Waals surface area contributed by atoms with E-state index >= 15 is 0 Å². The van der Waals surface area contributed by atoms with Gasteiger partial charge in [0.1, 0.15) is 0 Å². The van der Waals surface area contributed by atoms with Crippen molar-refractivity contribution >= 4 is 11.9 Å². The number of esters is 1. The fraction of sp³-hybridized carbons (Fsp3) is 0.928. The van der Waals surface area contributed by atoms with Gasteiger partial charge in [0.05, 0.1) is 25.4 Å². The largest absolute Gasteiger partial charge is 0.466 e. The maximum atomic E-state index is 12.5. The number of aliphatic hydroxyl groups excluding tert-OH is 2. The Kier molecular flexibility index (Phi) is 77.3. The van der Waals surface area contributed by atoms with Gasteiger partial charge in [0.25, 0.3) is 0 Å². The Bertz CT molecular complexity index is 1400. The number of unbranched alkanes of at least 4 members (excludes halogenated alkanes) is 65. The van der Waals surface area contributed by atoms with E-state index in [2.05, 4.69) is 31.3 Å². The third-order valence-corrected chi connectivity index (χ3v) is 19.5. The van der Waals surface area contributed by atoms with E-state index in [0.29, 0.717) is 19.4 Å². The highest BCUT2D eigenvalue weighted by atomic mass is 16.5. The summed E-state index contributed by atoms with van der Waals surface area (Å²) in [6, 6.07) is -0.623. The Labute approximate surface area is 558 Å². The zero-order chi connectivity index (χ0) is 64.2. The predicted molar refractivity (Wildman–Crippen MR) is 393 cm³/mol. The van der Waals surface area contributed by atoms with Crippen molar-refractivity contribution in [3.63, 3.8) is 0 Å². The molecule has 0 rings (SSSR count). The summed E-state index contributed by atoms with van der Waals surface area (Å²) in [4.78, 5) is 24.6. The lowest BCUT2D eigenvalue weighted by atomic mass is 10.0. The minimum Gasteiger partial charge on any atom is -0.466 e. The van der Waals surface area contributed by atoms with Gasteiger partial charge in [-0.15, -0.1) is 0 Å². The quantitative estimate of drug-likeness (QED) is 0.0320. The van der Waals surface area contributed by atoms with E-state index in [1.54, 1.807) is 6.08 Å². The third-order valence-electron chi connectivity index (χ3n) is 19.5. The summed E-state index contributed by atoms with van der Waals surface area (Å²) >= 11 is 0. The Morgan fingerprint density at radius 2 is 0.528 bits per heavy atom. The van der Waals surface area contributed by atoms with E-state index in [1.807, 2.05) is 6.08 Å². The summed E-state index contributed by atoms with van der Waals surface area (Å²) in [5.41, 5.74) is 0. The molecule has 1 amide bonds. The Morgan fingerprint density at radius 1 is 0.303 bits per heavy atom. The number of carbonyl (C=O) groups excluding carboxylic acids is 2. The minimum absolute atomic E-state index is 0.0215. The molecule has 6 nitrogen and oxygen atoms in total. The molecule has 0 aliphatic heterocycles. The fourth-order valence-electron chi connectivity index (χ4n) is 13.2. The molecule has 0 heterocycles. The first kappa shape index (κ1) is 87.3. The highest BCUT2D eigenvalue weighted by Crippen LogP contribution is 2.20. The molecular formula is C83H161NO5. The lowest BCUT2D eigenvalue weighted by Gasteiger charge is -2.20. The van der Waals surface area contributed by atoms with Crippen LogP contribution >= 0.6 is 0 Å². The van der Waals surface area contributed by atoms with Crippen LogP contribution in [-0.4, -0.2) is 47.4 Å². The second-order valence-corrected chi connectivity index (χ2v) is 28.5. The van der Waals surface area contributed by atoms with Crippen LogP contribution in [0.4, 0.5) is 0 Å². The number of amides is 1. The third kappa shape index (κ3) is 75.3. The smallest absolute Gasteiger partial charge is 0.305 e. The summed E-state index contributed by atoms with van der Waals surface area (Å²) < 4.78 is 5.51. The molecular weight excluding hydrogens is 1090 g/mol. The van der Waals surface area contributed by atoms with Crippen molar-refractivity contribution in [1.82, 2.24) is 5.32 Å². The van der Waals surface area contributed by atoms with Crippen LogP contribution in [0.5, 0.6) is 0 Å². The molecule has 3 N–H and O–H groups in total. The van der Waals surface area contributed by atoms with Crippen molar-refractivity contribution in [2.75, 3.05) is 13.2 Å². The van der Waals surface area contributed by atoms with E-state index in [4.69, 9.17) is 4.74 Å². The molecule has 0 aromatic carbocycles. The molecule has 0 aliphatic rings. The number of nitrogens with one attached hydrogen (secondary N) is 1. The van der Waals surface area contributed by atoms with E-state index in [9.17, 15) is 19.8 Å². The average Bonchev–Trinajstić information content (AvgIpc) is 3.62. The van der Waals surface area contributed by atoms with Gasteiger partial charge < -0.3 is 20.3 Å². The molecule has 2 unspecified atom stereocenters. The number of ether oxygens (including phenoxy) is 1. The van der Waals surface area contributed by atoms with Crippen molar-refractivity contribution in [3.05, 3.63) is 24.3 Å². The zero-order valence-electron chi connectivity index (χ0n) is 60.7. The number of hydrogen-bond donors (Lipinski definition) is 3. The molecule has 0 fully saturated rings. The van der Waals surface area contributed by atoms with Crippen molar-refractivity contribution in [2.45, 2.75) is 482 Å². The van der Waals surface area contributed by atoms with Gasteiger partial charge in [-0.05, 0) is 57.8 Å². The van der Waals surface area contributed by atoms with Gasteiger partial charge in [0.2, 0.25) is 5.91 Å². The van der Waals surface area contributed by atoms with Crippen LogP contribution in [0, 0.1) is 0 Å². The van der Waals surface area contributed by atoms with Crippen molar-refractivity contribution in [1.29, 1.82) is 0 Å². The Hall–Kier alpha value is -1.66. The summed E-state index contributed by atoms with van der Waals surface area (Å²) in [5.74, 6) is -0.0367. The summed E-state index contributed by atoms with van der Waals surface area (Å²) in [7, 11) is 0. The number of rotatable bonds is 78. The molecule has 0 aliphatic carbocycles. The highest BCUT2D eigenvalue weighted by molar-refractivity contribution is 5.76. The van der Waals surface area contributed by atoms with Crippen LogP contribution in [0.3, 0.4) is 0 Å². The number of carbonyl (C=O) groups is 2. The summed E-state index contributed by atoms with van der Waals surface area (Å²) in [6.45, 7) is 4.95. The molecule has 0 bridgehead atoms. The van der Waals surface area contributed by atoms with Gasteiger partial charge in [-0.1, -0.05) is 423 Å². The van der Waals surface area contributed by atoms with Gasteiger partial charge in [-0.2, -0.15) is 0 Å². The molecule has 0 saturated carbocycles. The van der Waals surface area contributed by atoms with Crippen molar-refractivity contribution in [3.8, 4) is 0 Å². The van der Waals surface area contributed by atoms with E-state index in [-0.39, 0.29) is 18.5 Å². The van der Waals surface area contributed by atoms with Crippen LogP contribution in [-0.2, 0) is 14.3 Å². The molecule has 0 saturated heterocycles. The lowest BCUT2D eigenvalue weighted by Crippen LogP contribution is -2.45. The van der Waals surface area contributed by atoms with Crippen LogP contribution < -0.4 is 5.32 Å². The first-order chi connectivity index (χ1) is 44.0. The monoisotopic (exact) mass is 1250 g/mol. The number of allylic oxidation sites excluding steroid dienone is 3. The highest BCUT2D eigenvalue weighted by Gasteiger charge is 2.18. The van der Waals surface area contributed by atoms with E-state index < -0.39 is 12.1 Å². The van der Waals surface area contributed by atoms with Gasteiger partial charge in [0, 0.05) is 12.8 Å². The van der Waals surface area contributed by atoms with Gasteiger partial charge in [0.15, 0.2) is 0 Å². The predicted octanol–water partition coefficient (Wildman–Crippen LogP) is 27.2. The van der Waals surface area contributed by atoms with Crippen LogP contribution in [0.2, 0.25) is 0 Å². The second kappa shape index (κ2) is 78.8. The molecule has 2 atom stereocenters. The lowest BCUT2D eigenvalue weighted by molar-refractivity contribution is -0.143. The molecule has 0 radical (unpaired) electrons. The SMILES string of the molecule is CCCCCCCC/C=C\CCCCCCCCCC(=O)OCCCCCCCCCCCCCCCCCCCCCCCCCCCCCCCCCCCCCCCCCC(=O)NC(CO)C(O)/C=C/CCCCCCCCCCCCCCCC. The summed E-state index contributed by atoms with van der Waals surface area (Å²) in [5, 5.41) is 23.2. The minimum atomic E-state index is -0.840. The molecule has 6 heteroatoms. The zero-order valence-corrected chi connectivity index (χ0v) is 60.7. The molecule has 0 spiro atoms. The van der Waals surface area contributed by atoms with E-state index in [1.165, 1.54) is 405 Å². The van der Waals surface area contributed by atoms with E-state index in [0.717, 1.165) is 38.5 Å². The average molecular weight is 1250 g/mol. The molecule has 89 heavy (non-hydrogen) atoms. The van der Waals surface area contributed by atoms with Crippen molar-refractivity contribution < 1.29 is 24.5 Å². The summed E-state index contributed by atoms with van der Waals surface area (Å²) in [6.07, 6.45) is 102. The number of aliphatic hydroxyl groups is 2. The maximum Gasteiger partial charge on any atom is 0.305 e. The van der Waals surface area contributed by atoms with Crippen molar-refractivity contribution in [2.24, 2.45) is 0 Å². The molecule has 528 valence electrons. The van der Waals surface area contributed by atoms with Crippen LogP contribution in [0.15, 0.2) is 24.3 Å². The van der Waals surface area contributed by atoms with Gasteiger partial charge in [-0.25, -0.2) is 0 Å². The second-order valence-electron chi connectivity index (χ2n) is 28.5. The first-order valence-corrected chi connectivity index (χ1v) is 41.1. The molecule has 0 aromatic heterocycles. The Morgan fingerprint density at radius 3 is 0.798 bits per heavy atom. The Balaban J connectivity index is 3.29. The topological polar surface area (TPSA) is 95.9 Å².